The fraction of sp³-hybridized carbons (Fsp3) is 0. The van der Waals surface area contributed by atoms with Crippen LogP contribution in [0.2, 0.25) is 0 Å². The van der Waals surface area contributed by atoms with Crippen molar-refractivity contribution in [3.63, 3.8) is 0 Å². The SMILES string of the molecule is O.[C-]#N.[C-]#N.[C-]#N.[C-]#N.[C-]#N.[C-]#N.[Ca+2].[Ca+2].[Fe+2]. The van der Waals surface area contributed by atoms with E-state index >= 15 is 0 Å². The minimum Gasteiger partial charge on any atom is -0.512 e. The second-order valence-corrected chi connectivity index (χ2v) is 0. The summed E-state index contributed by atoms with van der Waals surface area (Å²) in [6.45, 7) is 28.5. The molecular formula is C6H2Ca2FeN6O. The number of nitrogens with zero attached hydrogens (tertiary/aromatic N) is 6. The first-order chi connectivity index (χ1) is 6.00. The number of rotatable bonds is 0. The van der Waals surface area contributed by atoms with Crippen LogP contribution in [0.3, 0.4) is 0 Å². The smallest absolute Gasteiger partial charge is 0.512 e. The molecule has 7 nitrogen and oxygen atoms in total. The largest absolute Gasteiger partial charge is 2.00 e. The van der Waals surface area contributed by atoms with Crippen molar-refractivity contribution in [3.05, 3.63) is 39.4 Å². The van der Waals surface area contributed by atoms with Crippen LogP contribution in [0.4, 0.5) is 0 Å². The predicted molar refractivity (Wildman–Crippen MR) is 44.9 cm³/mol. The standard InChI is InChI=1S/6CN.2Ca.Fe.H2O/c6*1-2;;;;/h;;;;;;;;;1H2/q6*-1;3*+2;. The van der Waals surface area contributed by atoms with Crippen molar-refractivity contribution >= 4 is 75.5 Å². The third-order valence-electron chi connectivity index (χ3n) is 0. The van der Waals surface area contributed by atoms with Gasteiger partial charge < -0.3 is 76.5 Å². The van der Waals surface area contributed by atoms with Crippen molar-refractivity contribution in [2.24, 2.45) is 0 Å². The number of hydrogen-bond acceptors (Lipinski definition) is 6. The third kappa shape index (κ3) is 626000. The van der Waals surface area contributed by atoms with Crippen molar-refractivity contribution in [2.45, 2.75) is 0 Å². The molecular weight excluding hydrogens is 308 g/mol. The van der Waals surface area contributed by atoms with Gasteiger partial charge in [-0.15, -0.1) is 0 Å². The van der Waals surface area contributed by atoms with Crippen LogP contribution in [0, 0.1) is 71.0 Å². The first-order valence-electron chi connectivity index (χ1n) is 1.34. The van der Waals surface area contributed by atoms with Gasteiger partial charge in [-0.3, -0.25) is 0 Å². The maximum Gasteiger partial charge on any atom is 2.00 e. The predicted octanol–water partition coefficient (Wildman–Crippen LogP) is -1.01. The third-order valence-corrected chi connectivity index (χ3v) is 0. The van der Waals surface area contributed by atoms with Crippen LogP contribution in [0.1, 0.15) is 0 Å². The Morgan fingerprint density at radius 1 is 0.375 bits per heavy atom. The van der Waals surface area contributed by atoms with E-state index in [0.29, 0.717) is 0 Å². The summed E-state index contributed by atoms with van der Waals surface area (Å²) in [5.41, 5.74) is 0. The van der Waals surface area contributed by atoms with Crippen LogP contribution < -0.4 is 0 Å². The van der Waals surface area contributed by atoms with Gasteiger partial charge in [0.2, 0.25) is 0 Å². The van der Waals surface area contributed by atoms with E-state index in [1.54, 1.807) is 0 Å². The summed E-state index contributed by atoms with van der Waals surface area (Å²) in [6.07, 6.45) is 0. The van der Waals surface area contributed by atoms with Crippen molar-refractivity contribution in [2.75, 3.05) is 0 Å². The molecule has 0 aliphatic carbocycles. The molecule has 0 radical (unpaired) electrons. The second kappa shape index (κ2) is 779000. The zero-order chi connectivity index (χ0) is 12.0. The fourth-order valence-electron chi connectivity index (χ4n) is 0. The molecule has 0 saturated heterocycles. The van der Waals surface area contributed by atoms with Crippen molar-refractivity contribution < 1.29 is 22.5 Å². The van der Waals surface area contributed by atoms with Gasteiger partial charge in [-0.25, -0.2) is 0 Å². The summed E-state index contributed by atoms with van der Waals surface area (Å²) in [7, 11) is 0. The average molecular weight is 310 g/mol. The van der Waals surface area contributed by atoms with E-state index in [4.69, 9.17) is 71.0 Å². The first-order valence-corrected chi connectivity index (χ1v) is 1.34. The van der Waals surface area contributed by atoms with Crippen LogP contribution in [0.15, 0.2) is 0 Å². The van der Waals surface area contributed by atoms with Gasteiger partial charge in [0.1, 0.15) is 0 Å². The summed E-state index contributed by atoms with van der Waals surface area (Å²) >= 11 is 0. The van der Waals surface area contributed by atoms with Gasteiger partial charge in [0.05, 0.1) is 0 Å². The maximum absolute atomic E-state index is 6.25. The van der Waals surface area contributed by atoms with Gasteiger partial charge in [0, 0.05) is 0 Å². The molecule has 2 N–H and O–H groups in total. The molecule has 0 unspecified atom stereocenters. The summed E-state index contributed by atoms with van der Waals surface area (Å²) < 4.78 is 0. The molecule has 0 aliphatic rings. The van der Waals surface area contributed by atoms with E-state index in [-0.39, 0.29) is 98.0 Å². The molecule has 0 saturated carbocycles. The Labute approximate surface area is 166 Å². The molecule has 0 aromatic heterocycles. The minimum absolute atomic E-state index is 0. The van der Waals surface area contributed by atoms with Crippen molar-refractivity contribution in [1.82, 2.24) is 0 Å². The molecule has 0 aromatic carbocycles. The van der Waals surface area contributed by atoms with Gasteiger partial charge in [-0.2, -0.15) is 0 Å². The Bertz CT molecular complexity index is 106. The summed E-state index contributed by atoms with van der Waals surface area (Å²) in [4.78, 5) is 0. The summed E-state index contributed by atoms with van der Waals surface area (Å²) in [6, 6.07) is 0. The Hall–Kier alpha value is -0.0610. The monoisotopic (exact) mass is 310 g/mol. The molecule has 0 amide bonds. The minimum atomic E-state index is 0. The zero-order valence-corrected chi connectivity index (χ0v) is 13.5. The van der Waals surface area contributed by atoms with Gasteiger partial charge in [0.25, 0.3) is 0 Å². The molecule has 0 rings (SSSR count). The molecule has 0 aromatic rings. The average Bonchev–Trinajstić information content (AvgIpc) is 2.33. The molecule has 0 heterocycles. The van der Waals surface area contributed by atoms with E-state index in [1.165, 1.54) is 0 Å². The Kier molecular flexibility index (Phi) is 4910000. The quantitative estimate of drug-likeness (QED) is 0.409. The van der Waals surface area contributed by atoms with Crippen LogP contribution in [0.25, 0.3) is 0 Å². The molecule has 0 bridgehead atoms. The van der Waals surface area contributed by atoms with Crippen LogP contribution >= 0.6 is 0 Å². The molecule has 74 valence electrons. The van der Waals surface area contributed by atoms with Gasteiger partial charge >= 0.3 is 92.5 Å². The van der Waals surface area contributed by atoms with Crippen molar-refractivity contribution in [3.8, 4) is 0 Å². The Morgan fingerprint density at radius 3 is 0.375 bits per heavy atom. The topological polar surface area (TPSA) is 174 Å². The molecule has 0 aliphatic heterocycles. The first kappa shape index (κ1) is 101. The Morgan fingerprint density at radius 2 is 0.375 bits per heavy atom. The molecule has 0 fully saturated rings. The van der Waals surface area contributed by atoms with Gasteiger partial charge in [-0.1, -0.05) is 0 Å². The van der Waals surface area contributed by atoms with E-state index in [2.05, 4.69) is 0 Å². The van der Waals surface area contributed by atoms with E-state index in [1.807, 2.05) is 0 Å². The molecule has 16 heavy (non-hydrogen) atoms. The van der Waals surface area contributed by atoms with E-state index in [0.717, 1.165) is 0 Å². The van der Waals surface area contributed by atoms with E-state index < -0.39 is 0 Å². The van der Waals surface area contributed by atoms with Crippen LogP contribution in [-0.4, -0.2) is 81.0 Å². The van der Waals surface area contributed by atoms with Crippen LogP contribution in [0.5, 0.6) is 0 Å². The zero-order valence-electron chi connectivity index (χ0n) is 7.95. The van der Waals surface area contributed by atoms with Gasteiger partial charge in [-0.05, 0) is 0 Å². The Balaban J connectivity index is -0.00000000321. The van der Waals surface area contributed by atoms with E-state index in [9.17, 15) is 0 Å². The molecule has 0 atom stereocenters. The second-order valence-electron chi connectivity index (χ2n) is 0. The van der Waals surface area contributed by atoms with Crippen LogP contribution in [-0.2, 0) is 17.1 Å². The van der Waals surface area contributed by atoms with Crippen molar-refractivity contribution in [1.29, 1.82) is 31.6 Å². The molecule has 10 heteroatoms. The molecule has 0 spiro atoms. The normalized spacial score (nSPS) is 0.750. The maximum atomic E-state index is 6.25. The summed E-state index contributed by atoms with van der Waals surface area (Å²) in [5, 5.41) is 37.5. The fourth-order valence-corrected chi connectivity index (χ4v) is 0. The van der Waals surface area contributed by atoms with Gasteiger partial charge in [0.15, 0.2) is 0 Å². The number of hydrogen-bond donors (Lipinski definition) is 0. The summed E-state index contributed by atoms with van der Waals surface area (Å²) in [5.74, 6) is 0.